The Balaban J connectivity index is 1.69. The molecule has 4 amide bonds. The number of esters is 1. The van der Waals surface area contributed by atoms with Crippen LogP contribution in [0.25, 0.3) is 6.08 Å². The number of amides is 4. The van der Waals surface area contributed by atoms with Gasteiger partial charge in [0.2, 0.25) is 0 Å². The van der Waals surface area contributed by atoms with Crippen LogP contribution in [0.5, 0.6) is 5.75 Å². The third-order valence-electron chi connectivity index (χ3n) is 5.76. The number of nitrogens with one attached hydrogen (secondary N) is 1. The highest BCUT2D eigenvalue weighted by Gasteiger charge is 2.37. The number of barbiturate groups is 1. The molecule has 0 atom stereocenters. The molecular weight excluding hydrogens is 576 g/mol. The average Bonchev–Trinajstić information content (AvgIpc) is 2.89. The number of halogens is 2. The van der Waals surface area contributed by atoms with Gasteiger partial charge in [-0.3, -0.25) is 14.9 Å². The van der Waals surface area contributed by atoms with E-state index < -0.39 is 23.8 Å². The summed E-state index contributed by atoms with van der Waals surface area (Å²) in [5.74, 6) is -1.63. The topological polar surface area (TPSA) is 102 Å². The van der Waals surface area contributed by atoms with Crippen molar-refractivity contribution in [2.24, 2.45) is 0 Å². The standard InChI is InChI=1S/C28H22BrClN2O6/c1-3-38-24-14-16(13-22(29)20(24)15-18-6-4-5-7-23(18)30)12-21-25(33)31-28(36)32(26(21)34)19-10-8-17(9-11-19)27(35)37-2/h4-14H,3,15H2,1-2H3,(H,31,33,36)/b21-12+. The molecular formula is C28H22BrClN2O6. The lowest BCUT2D eigenvalue weighted by Crippen LogP contribution is -2.54. The molecule has 10 heteroatoms. The van der Waals surface area contributed by atoms with Crippen LogP contribution in [0.15, 0.2) is 70.7 Å². The van der Waals surface area contributed by atoms with Gasteiger partial charge in [-0.1, -0.05) is 45.7 Å². The number of hydrogen-bond acceptors (Lipinski definition) is 6. The number of nitrogens with zero attached hydrogens (tertiary/aromatic N) is 1. The van der Waals surface area contributed by atoms with Crippen molar-refractivity contribution in [1.29, 1.82) is 0 Å². The van der Waals surface area contributed by atoms with Gasteiger partial charge >= 0.3 is 12.0 Å². The van der Waals surface area contributed by atoms with E-state index in [4.69, 9.17) is 16.3 Å². The molecule has 1 fully saturated rings. The number of urea groups is 1. The van der Waals surface area contributed by atoms with E-state index in [2.05, 4.69) is 26.0 Å². The molecule has 0 radical (unpaired) electrons. The van der Waals surface area contributed by atoms with Crippen molar-refractivity contribution in [3.63, 3.8) is 0 Å². The van der Waals surface area contributed by atoms with Gasteiger partial charge in [0.05, 0.1) is 25.0 Å². The van der Waals surface area contributed by atoms with Crippen LogP contribution in [0.3, 0.4) is 0 Å². The van der Waals surface area contributed by atoms with E-state index in [-0.39, 0.29) is 16.8 Å². The monoisotopic (exact) mass is 596 g/mol. The summed E-state index contributed by atoms with van der Waals surface area (Å²) in [6.07, 6.45) is 1.89. The van der Waals surface area contributed by atoms with Gasteiger partial charge in [0, 0.05) is 21.5 Å². The molecule has 1 saturated heterocycles. The van der Waals surface area contributed by atoms with Crippen molar-refractivity contribution in [3.8, 4) is 5.75 Å². The van der Waals surface area contributed by atoms with Gasteiger partial charge in [-0.05, 0) is 66.6 Å². The summed E-state index contributed by atoms with van der Waals surface area (Å²) >= 11 is 9.94. The molecule has 0 saturated carbocycles. The molecule has 1 aliphatic rings. The highest BCUT2D eigenvalue weighted by molar-refractivity contribution is 9.10. The lowest BCUT2D eigenvalue weighted by molar-refractivity contribution is -0.122. The summed E-state index contributed by atoms with van der Waals surface area (Å²) in [4.78, 5) is 51.0. The van der Waals surface area contributed by atoms with Gasteiger partial charge in [-0.2, -0.15) is 0 Å². The molecule has 1 heterocycles. The van der Waals surface area contributed by atoms with Crippen LogP contribution < -0.4 is 15.0 Å². The van der Waals surface area contributed by atoms with Crippen LogP contribution in [0, 0.1) is 0 Å². The zero-order valence-electron chi connectivity index (χ0n) is 20.4. The number of hydrogen-bond donors (Lipinski definition) is 1. The molecule has 0 spiro atoms. The Hall–Kier alpha value is -3.95. The lowest BCUT2D eigenvalue weighted by atomic mass is 10.0. The van der Waals surface area contributed by atoms with Crippen LogP contribution in [-0.2, 0) is 20.7 Å². The average molecular weight is 598 g/mol. The van der Waals surface area contributed by atoms with Gasteiger partial charge in [-0.15, -0.1) is 0 Å². The number of benzene rings is 3. The Bertz CT molecular complexity index is 1470. The number of methoxy groups -OCH3 is 1. The second-order valence-electron chi connectivity index (χ2n) is 8.18. The third kappa shape index (κ3) is 5.64. The number of imide groups is 2. The first kappa shape index (κ1) is 27.1. The predicted octanol–water partition coefficient (Wildman–Crippen LogP) is 5.55. The van der Waals surface area contributed by atoms with E-state index >= 15 is 0 Å². The van der Waals surface area contributed by atoms with Crippen LogP contribution >= 0.6 is 27.5 Å². The third-order valence-corrected chi connectivity index (χ3v) is 6.84. The highest BCUT2D eigenvalue weighted by Crippen LogP contribution is 2.34. The second kappa shape index (κ2) is 11.6. The quantitative estimate of drug-likeness (QED) is 0.218. The van der Waals surface area contributed by atoms with Crippen LogP contribution in [-0.4, -0.2) is 37.5 Å². The molecule has 1 aliphatic heterocycles. The van der Waals surface area contributed by atoms with Crippen molar-refractivity contribution in [2.75, 3.05) is 18.6 Å². The highest BCUT2D eigenvalue weighted by atomic mass is 79.9. The molecule has 8 nitrogen and oxygen atoms in total. The van der Waals surface area contributed by atoms with Crippen LogP contribution in [0.4, 0.5) is 10.5 Å². The van der Waals surface area contributed by atoms with Gasteiger partial charge in [0.25, 0.3) is 11.8 Å². The summed E-state index contributed by atoms with van der Waals surface area (Å²) in [6.45, 7) is 2.25. The maximum atomic E-state index is 13.3. The minimum atomic E-state index is -0.894. The number of ether oxygens (including phenoxy) is 2. The van der Waals surface area contributed by atoms with Gasteiger partial charge < -0.3 is 9.47 Å². The predicted molar refractivity (Wildman–Crippen MR) is 146 cm³/mol. The van der Waals surface area contributed by atoms with Gasteiger partial charge in [-0.25, -0.2) is 14.5 Å². The minimum Gasteiger partial charge on any atom is -0.494 e. The number of anilines is 1. The molecule has 4 rings (SSSR count). The largest absolute Gasteiger partial charge is 0.494 e. The van der Waals surface area contributed by atoms with E-state index in [1.54, 1.807) is 12.1 Å². The molecule has 0 unspecified atom stereocenters. The van der Waals surface area contributed by atoms with Crippen molar-refractivity contribution < 1.29 is 28.7 Å². The van der Waals surface area contributed by atoms with Gasteiger partial charge in [0.1, 0.15) is 11.3 Å². The van der Waals surface area contributed by atoms with E-state index in [1.165, 1.54) is 37.5 Å². The van der Waals surface area contributed by atoms with E-state index in [1.807, 2.05) is 31.2 Å². The molecule has 0 bridgehead atoms. The molecule has 3 aromatic rings. The van der Waals surface area contributed by atoms with Gasteiger partial charge in [0.15, 0.2) is 0 Å². The molecule has 0 aliphatic carbocycles. The fourth-order valence-corrected chi connectivity index (χ4v) is 4.73. The van der Waals surface area contributed by atoms with E-state index in [9.17, 15) is 19.2 Å². The lowest BCUT2D eigenvalue weighted by Gasteiger charge is -2.26. The number of rotatable bonds is 7. The van der Waals surface area contributed by atoms with Crippen molar-refractivity contribution >= 4 is 63.1 Å². The number of carbonyl (C=O) groups is 4. The Morgan fingerprint density at radius 3 is 2.45 bits per heavy atom. The summed E-state index contributed by atoms with van der Waals surface area (Å²) < 4.78 is 11.2. The zero-order chi connectivity index (χ0) is 27.4. The molecule has 194 valence electrons. The SMILES string of the molecule is CCOc1cc(/C=C2\C(=O)NC(=O)N(c3ccc(C(=O)OC)cc3)C2=O)cc(Br)c1Cc1ccccc1Cl. The Morgan fingerprint density at radius 1 is 1.08 bits per heavy atom. The van der Waals surface area contributed by atoms with Crippen LogP contribution in [0.2, 0.25) is 5.02 Å². The first-order valence-electron chi connectivity index (χ1n) is 11.5. The minimum absolute atomic E-state index is 0.185. The fraction of sp³-hybridized carbons (Fsp3) is 0.143. The first-order valence-corrected chi connectivity index (χ1v) is 12.7. The van der Waals surface area contributed by atoms with Crippen molar-refractivity contribution in [3.05, 3.63) is 98.0 Å². The molecule has 3 aromatic carbocycles. The smallest absolute Gasteiger partial charge is 0.337 e. The maximum Gasteiger partial charge on any atom is 0.337 e. The Kier molecular flexibility index (Phi) is 8.29. The van der Waals surface area contributed by atoms with E-state index in [0.29, 0.717) is 33.8 Å². The first-order chi connectivity index (χ1) is 18.2. The van der Waals surface area contributed by atoms with Crippen molar-refractivity contribution in [1.82, 2.24) is 5.32 Å². The van der Waals surface area contributed by atoms with E-state index in [0.717, 1.165) is 16.0 Å². The second-order valence-corrected chi connectivity index (χ2v) is 9.44. The van der Waals surface area contributed by atoms with Crippen molar-refractivity contribution in [2.45, 2.75) is 13.3 Å². The van der Waals surface area contributed by atoms with Crippen LogP contribution in [0.1, 0.15) is 34.0 Å². The number of carbonyl (C=O) groups excluding carboxylic acids is 4. The summed E-state index contributed by atoms with van der Waals surface area (Å²) in [6, 6.07) is 15.8. The summed E-state index contributed by atoms with van der Waals surface area (Å²) in [5.41, 5.74) is 2.47. The summed E-state index contributed by atoms with van der Waals surface area (Å²) in [7, 11) is 1.25. The fourth-order valence-electron chi connectivity index (χ4n) is 3.93. The Morgan fingerprint density at radius 2 is 1.79 bits per heavy atom. The zero-order valence-corrected chi connectivity index (χ0v) is 22.8. The summed E-state index contributed by atoms with van der Waals surface area (Å²) in [5, 5.41) is 2.82. The normalized spacial score (nSPS) is 14.5. The molecule has 1 N–H and O–H groups in total. The Labute approximate surface area is 232 Å². The molecule has 0 aromatic heterocycles. The molecule has 38 heavy (non-hydrogen) atoms. The maximum absolute atomic E-state index is 13.3.